The summed E-state index contributed by atoms with van der Waals surface area (Å²) in [6, 6.07) is 0. The summed E-state index contributed by atoms with van der Waals surface area (Å²) in [6.07, 6.45) is 3.71. The lowest BCUT2D eigenvalue weighted by molar-refractivity contribution is 0.811. The Labute approximate surface area is 99.2 Å². The van der Waals surface area contributed by atoms with Crippen LogP contribution in [0.4, 0.5) is 0 Å². The minimum atomic E-state index is 0.406. The Bertz CT molecular complexity index is 484. The molecule has 0 aliphatic heterocycles. The van der Waals surface area contributed by atoms with Crippen LogP contribution in [-0.4, -0.2) is 14.5 Å². The average molecular weight is 236 g/mol. The highest BCUT2D eigenvalue weighted by Crippen LogP contribution is 2.30. The third-order valence-corrected chi connectivity index (χ3v) is 3.56. The van der Waals surface area contributed by atoms with Crippen molar-refractivity contribution in [1.29, 1.82) is 0 Å². The number of thiazole rings is 1. The maximum atomic E-state index is 5.74. The van der Waals surface area contributed by atoms with Gasteiger partial charge in [-0.05, 0) is 5.92 Å². The molecule has 0 bridgehead atoms. The Morgan fingerprint density at radius 3 is 2.69 bits per heavy atom. The molecule has 0 fully saturated rings. The van der Waals surface area contributed by atoms with E-state index in [0.717, 1.165) is 21.4 Å². The summed E-state index contributed by atoms with van der Waals surface area (Å²) >= 11 is 1.64. The molecule has 2 N–H and O–H groups in total. The average Bonchev–Trinajstić information content (AvgIpc) is 2.82. The molecule has 0 aliphatic rings. The van der Waals surface area contributed by atoms with Gasteiger partial charge in [0.15, 0.2) is 10.8 Å². The minimum Gasteiger partial charge on any atom is -0.332 e. The van der Waals surface area contributed by atoms with E-state index < -0.39 is 0 Å². The van der Waals surface area contributed by atoms with E-state index in [0.29, 0.717) is 12.5 Å². The van der Waals surface area contributed by atoms with Gasteiger partial charge in [0.1, 0.15) is 0 Å². The van der Waals surface area contributed by atoms with Crippen LogP contribution in [-0.2, 0) is 13.6 Å². The van der Waals surface area contributed by atoms with Gasteiger partial charge in [0.2, 0.25) is 0 Å². The lowest BCUT2D eigenvalue weighted by Gasteiger charge is -2.01. The highest BCUT2D eigenvalue weighted by atomic mass is 32.1. The molecule has 0 radical (unpaired) electrons. The maximum Gasteiger partial charge on any atom is 0.168 e. The van der Waals surface area contributed by atoms with Crippen LogP contribution in [0.3, 0.4) is 0 Å². The summed E-state index contributed by atoms with van der Waals surface area (Å²) < 4.78 is 1.98. The normalized spacial score (nSPS) is 11.3. The second kappa shape index (κ2) is 4.35. The second-order valence-corrected chi connectivity index (χ2v) is 5.13. The molecule has 5 heteroatoms. The van der Waals surface area contributed by atoms with Crippen molar-refractivity contribution in [2.75, 3.05) is 0 Å². The summed E-state index contributed by atoms with van der Waals surface area (Å²) in [6.45, 7) is 4.82. The number of hydrogen-bond donors (Lipinski definition) is 1. The molecule has 0 aromatic carbocycles. The first-order chi connectivity index (χ1) is 7.63. The van der Waals surface area contributed by atoms with Gasteiger partial charge in [-0.2, -0.15) is 0 Å². The predicted molar refractivity (Wildman–Crippen MR) is 66.3 cm³/mol. The van der Waals surface area contributed by atoms with Crippen LogP contribution in [0.2, 0.25) is 0 Å². The van der Waals surface area contributed by atoms with Crippen LogP contribution in [0, 0.1) is 0 Å². The number of imidazole rings is 1. The molecule has 4 nitrogen and oxygen atoms in total. The summed E-state index contributed by atoms with van der Waals surface area (Å²) in [5.41, 5.74) is 6.84. The largest absolute Gasteiger partial charge is 0.332 e. The van der Waals surface area contributed by atoms with E-state index in [2.05, 4.69) is 23.8 Å². The zero-order valence-corrected chi connectivity index (χ0v) is 10.6. The molecule has 0 unspecified atom stereocenters. The van der Waals surface area contributed by atoms with Gasteiger partial charge < -0.3 is 10.3 Å². The van der Waals surface area contributed by atoms with Crippen molar-refractivity contribution in [2.45, 2.75) is 26.3 Å². The fraction of sp³-hybridized carbons (Fsp3) is 0.455. The van der Waals surface area contributed by atoms with Gasteiger partial charge in [0.25, 0.3) is 0 Å². The second-order valence-electron chi connectivity index (χ2n) is 4.05. The van der Waals surface area contributed by atoms with Crippen LogP contribution in [0.1, 0.15) is 30.3 Å². The van der Waals surface area contributed by atoms with Crippen LogP contribution in [0.15, 0.2) is 12.4 Å². The first kappa shape index (κ1) is 11.3. The van der Waals surface area contributed by atoms with Gasteiger partial charge in [-0.15, -0.1) is 11.3 Å². The third-order valence-electron chi connectivity index (χ3n) is 2.47. The molecule has 0 aliphatic carbocycles. The fourth-order valence-electron chi connectivity index (χ4n) is 1.63. The van der Waals surface area contributed by atoms with Crippen molar-refractivity contribution < 1.29 is 0 Å². The number of hydrogen-bond acceptors (Lipinski definition) is 4. The summed E-state index contributed by atoms with van der Waals surface area (Å²) in [7, 11) is 1.97. The summed E-state index contributed by atoms with van der Waals surface area (Å²) in [5, 5.41) is 0.955. The molecule has 86 valence electrons. The highest BCUT2D eigenvalue weighted by Gasteiger charge is 2.16. The minimum absolute atomic E-state index is 0.406. The molecule has 0 spiro atoms. The molecule has 16 heavy (non-hydrogen) atoms. The Morgan fingerprint density at radius 1 is 1.50 bits per heavy atom. The number of nitrogens with zero attached hydrogens (tertiary/aromatic N) is 3. The van der Waals surface area contributed by atoms with Crippen molar-refractivity contribution in [3.05, 3.63) is 23.0 Å². The van der Waals surface area contributed by atoms with E-state index in [1.54, 1.807) is 17.5 Å². The van der Waals surface area contributed by atoms with Gasteiger partial charge in [-0.25, -0.2) is 9.97 Å². The van der Waals surface area contributed by atoms with Gasteiger partial charge >= 0.3 is 0 Å². The Morgan fingerprint density at radius 2 is 2.25 bits per heavy atom. The Hall–Kier alpha value is -1.20. The lowest BCUT2D eigenvalue weighted by Crippen LogP contribution is -1.99. The Kier molecular flexibility index (Phi) is 3.07. The van der Waals surface area contributed by atoms with E-state index in [1.165, 1.54) is 0 Å². The summed E-state index contributed by atoms with van der Waals surface area (Å²) in [5.74, 6) is 1.32. The number of aryl methyl sites for hydroxylation is 1. The molecular weight excluding hydrogens is 220 g/mol. The van der Waals surface area contributed by atoms with Crippen LogP contribution >= 0.6 is 11.3 Å². The van der Waals surface area contributed by atoms with E-state index in [9.17, 15) is 0 Å². The molecule has 2 aromatic rings. The quantitative estimate of drug-likeness (QED) is 0.888. The zero-order chi connectivity index (χ0) is 11.7. The highest BCUT2D eigenvalue weighted by molar-refractivity contribution is 7.15. The lowest BCUT2D eigenvalue weighted by atomic mass is 10.1. The van der Waals surface area contributed by atoms with E-state index in [-0.39, 0.29) is 0 Å². The van der Waals surface area contributed by atoms with Crippen molar-refractivity contribution in [1.82, 2.24) is 14.5 Å². The number of rotatable bonds is 3. The first-order valence-corrected chi connectivity index (χ1v) is 6.12. The van der Waals surface area contributed by atoms with Crippen LogP contribution in [0.25, 0.3) is 10.8 Å². The predicted octanol–water partition coefficient (Wildman–Crippen LogP) is 2.13. The summed E-state index contributed by atoms with van der Waals surface area (Å²) in [4.78, 5) is 10.1. The molecular formula is C11H16N4S. The van der Waals surface area contributed by atoms with Gasteiger partial charge in [-0.1, -0.05) is 13.8 Å². The molecule has 0 amide bonds. The SMILES string of the molecule is CC(C)c1nc(-c2nccn2C)sc1CN. The maximum absolute atomic E-state index is 5.74. The molecule has 0 atom stereocenters. The van der Waals surface area contributed by atoms with Crippen LogP contribution in [0.5, 0.6) is 0 Å². The molecule has 2 rings (SSSR count). The number of aromatic nitrogens is 3. The smallest absolute Gasteiger partial charge is 0.168 e. The standard InChI is InChI=1S/C11H16N4S/c1-7(2)9-8(6-12)16-11(14-9)10-13-4-5-15(10)3/h4-5,7H,6,12H2,1-3H3. The molecule has 0 saturated heterocycles. The van der Waals surface area contributed by atoms with Crippen molar-refractivity contribution >= 4 is 11.3 Å². The molecule has 2 heterocycles. The van der Waals surface area contributed by atoms with Gasteiger partial charge in [0, 0.05) is 30.9 Å². The van der Waals surface area contributed by atoms with E-state index >= 15 is 0 Å². The van der Waals surface area contributed by atoms with E-state index in [1.807, 2.05) is 17.8 Å². The van der Waals surface area contributed by atoms with Crippen LogP contribution < -0.4 is 5.73 Å². The molecule has 0 saturated carbocycles. The van der Waals surface area contributed by atoms with Gasteiger partial charge in [0.05, 0.1) is 5.69 Å². The molecule has 2 aromatic heterocycles. The number of nitrogens with two attached hydrogens (primary N) is 1. The van der Waals surface area contributed by atoms with Crippen molar-refractivity contribution in [3.63, 3.8) is 0 Å². The fourth-order valence-corrected chi connectivity index (χ4v) is 2.76. The van der Waals surface area contributed by atoms with Crippen molar-refractivity contribution in [3.8, 4) is 10.8 Å². The van der Waals surface area contributed by atoms with Gasteiger partial charge in [-0.3, -0.25) is 0 Å². The zero-order valence-electron chi connectivity index (χ0n) is 9.77. The Balaban J connectivity index is 2.48. The topological polar surface area (TPSA) is 56.7 Å². The first-order valence-electron chi connectivity index (χ1n) is 5.30. The van der Waals surface area contributed by atoms with Crippen molar-refractivity contribution in [2.24, 2.45) is 12.8 Å². The van der Waals surface area contributed by atoms with E-state index in [4.69, 9.17) is 5.73 Å². The monoisotopic (exact) mass is 236 g/mol. The third kappa shape index (κ3) is 1.88.